The Bertz CT molecular complexity index is 247. The molecule has 1 aromatic heterocycles. The molecule has 3 N–H and O–H groups in total. The van der Waals surface area contributed by atoms with Crippen LogP contribution in [0.1, 0.15) is 13.3 Å². The Morgan fingerprint density at radius 2 is 2.42 bits per heavy atom. The van der Waals surface area contributed by atoms with Gasteiger partial charge in [-0.1, -0.05) is 6.92 Å². The number of nitrogens with one attached hydrogen (secondary N) is 1. The molecule has 0 aliphatic rings. The van der Waals surface area contributed by atoms with Crippen molar-refractivity contribution in [3.05, 3.63) is 0 Å². The van der Waals surface area contributed by atoms with Gasteiger partial charge in [-0.25, -0.2) is 0 Å². The van der Waals surface area contributed by atoms with E-state index in [9.17, 15) is 0 Å². The molecule has 0 aliphatic carbocycles. The van der Waals surface area contributed by atoms with E-state index in [1.165, 1.54) is 11.5 Å². The summed E-state index contributed by atoms with van der Waals surface area (Å²) in [5.74, 6) is 0.645. The predicted molar refractivity (Wildman–Crippen MR) is 57.1 cm³/mol. The number of thioether (sulfide) groups is 1. The van der Waals surface area contributed by atoms with Crippen LogP contribution in [0.5, 0.6) is 0 Å². The molecule has 0 aromatic carbocycles. The Morgan fingerprint density at radius 3 is 3.00 bits per heavy atom. The van der Waals surface area contributed by atoms with E-state index >= 15 is 0 Å². The van der Waals surface area contributed by atoms with Crippen LogP contribution in [0.25, 0.3) is 0 Å². The molecule has 0 spiro atoms. The molecule has 1 aromatic rings. The first-order chi connectivity index (χ1) is 5.79. The van der Waals surface area contributed by atoms with Gasteiger partial charge in [0, 0.05) is 6.54 Å². The van der Waals surface area contributed by atoms with Crippen molar-refractivity contribution in [2.45, 2.75) is 18.2 Å². The van der Waals surface area contributed by atoms with Gasteiger partial charge in [-0.15, -0.1) is 11.8 Å². The number of hydrogen-bond donors (Lipinski definition) is 2. The number of hydrogen-bond acceptors (Lipinski definition) is 5. The lowest BCUT2D eigenvalue weighted by atomic mass is 10.5. The van der Waals surface area contributed by atoms with Gasteiger partial charge in [-0.05, 0) is 24.2 Å². The quantitative estimate of drug-likeness (QED) is 0.737. The van der Waals surface area contributed by atoms with Crippen LogP contribution in [0.15, 0.2) is 4.90 Å². The van der Waals surface area contributed by atoms with Crippen molar-refractivity contribution in [3.8, 4) is 0 Å². The van der Waals surface area contributed by atoms with Gasteiger partial charge in [-0.3, -0.25) is 0 Å². The second-order valence-corrected chi connectivity index (χ2v) is 3.95. The van der Waals surface area contributed by atoms with Gasteiger partial charge in [0.15, 0.2) is 5.82 Å². The molecule has 1 rings (SSSR count). The monoisotopic (exact) mass is 203 g/mol. The average molecular weight is 203 g/mol. The van der Waals surface area contributed by atoms with Gasteiger partial charge < -0.3 is 11.1 Å². The van der Waals surface area contributed by atoms with Gasteiger partial charge >= 0.3 is 0 Å². The molecule has 0 saturated heterocycles. The van der Waals surface area contributed by atoms with Crippen molar-refractivity contribution in [2.24, 2.45) is 0 Å². The van der Waals surface area contributed by atoms with Crippen LogP contribution in [-0.2, 0) is 0 Å². The molecular weight excluding hydrogens is 190 g/mol. The average Bonchev–Trinajstić information content (AvgIpc) is 2.43. The summed E-state index contributed by atoms with van der Waals surface area (Å²) in [5.41, 5.74) is 5.66. The SMILES string of the molecule is CCCNc1snc(N)c1SC. The Kier molecular flexibility index (Phi) is 3.68. The molecule has 3 nitrogen and oxygen atoms in total. The Hall–Kier alpha value is -0.420. The second-order valence-electron chi connectivity index (χ2n) is 2.36. The summed E-state index contributed by atoms with van der Waals surface area (Å²) < 4.78 is 4.08. The Morgan fingerprint density at radius 1 is 1.67 bits per heavy atom. The highest BCUT2D eigenvalue weighted by Crippen LogP contribution is 2.34. The molecular formula is C7H13N3S2. The summed E-state index contributed by atoms with van der Waals surface area (Å²) in [4.78, 5) is 1.08. The van der Waals surface area contributed by atoms with Crippen LogP contribution in [-0.4, -0.2) is 17.2 Å². The Balaban J connectivity index is 2.70. The molecule has 5 heteroatoms. The van der Waals surface area contributed by atoms with Crippen LogP contribution in [0.4, 0.5) is 10.8 Å². The van der Waals surface area contributed by atoms with E-state index in [0.29, 0.717) is 5.82 Å². The number of aromatic nitrogens is 1. The molecule has 0 bridgehead atoms. The minimum Gasteiger partial charge on any atom is -0.382 e. The van der Waals surface area contributed by atoms with Gasteiger partial charge in [0.2, 0.25) is 0 Å². The first-order valence-corrected chi connectivity index (χ1v) is 5.82. The highest BCUT2D eigenvalue weighted by molar-refractivity contribution is 7.99. The first kappa shape index (κ1) is 9.67. The highest BCUT2D eigenvalue weighted by Gasteiger charge is 2.08. The molecule has 0 saturated carbocycles. The molecule has 68 valence electrons. The zero-order chi connectivity index (χ0) is 8.97. The fourth-order valence-electron chi connectivity index (χ4n) is 0.842. The lowest BCUT2D eigenvalue weighted by Crippen LogP contribution is -1.98. The Labute approximate surface area is 80.9 Å². The van der Waals surface area contributed by atoms with E-state index in [0.717, 1.165) is 22.9 Å². The van der Waals surface area contributed by atoms with Crippen molar-refractivity contribution in [2.75, 3.05) is 23.9 Å². The molecule has 12 heavy (non-hydrogen) atoms. The first-order valence-electron chi connectivity index (χ1n) is 3.82. The third-order valence-electron chi connectivity index (χ3n) is 1.41. The number of anilines is 2. The third kappa shape index (κ3) is 2.04. The number of rotatable bonds is 4. The lowest BCUT2D eigenvalue weighted by Gasteiger charge is -2.02. The van der Waals surface area contributed by atoms with Crippen molar-refractivity contribution in [3.63, 3.8) is 0 Å². The van der Waals surface area contributed by atoms with E-state index in [-0.39, 0.29) is 0 Å². The van der Waals surface area contributed by atoms with Gasteiger partial charge in [0.05, 0.1) is 4.90 Å². The van der Waals surface area contributed by atoms with Crippen LogP contribution in [0, 0.1) is 0 Å². The smallest absolute Gasteiger partial charge is 0.153 e. The van der Waals surface area contributed by atoms with Crippen LogP contribution in [0.3, 0.4) is 0 Å². The summed E-state index contributed by atoms with van der Waals surface area (Å²) >= 11 is 3.07. The van der Waals surface area contributed by atoms with Crippen LogP contribution >= 0.6 is 23.3 Å². The van der Waals surface area contributed by atoms with Crippen LogP contribution < -0.4 is 11.1 Å². The lowest BCUT2D eigenvalue weighted by molar-refractivity contribution is 0.980. The van der Waals surface area contributed by atoms with Crippen molar-refractivity contribution < 1.29 is 0 Å². The fraction of sp³-hybridized carbons (Fsp3) is 0.571. The molecule has 0 amide bonds. The van der Waals surface area contributed by atoms with E-state index < -0.39 is 0 Å². The summed E-state index contributed by atoms with van der Waals surface area (Å²) in [6.45, 7) is 3.12. The van der Waals surface area contributed by atoms with Crippen molar-refractivity contribution >= 4 is 34.1 Å². The molecule has 0 unspecified atom stereocenters. The summed E-state index contributed by atoms with van der Waals surface area (Å²) in [5, 5.41) is 4.39. The van der Waals surface area contributed by atoms with E-state index in [1.807, 2.05) is 6.26 Å². The van der Waals surface area contributed by atoms with Gasteiger partial charge in [0.1, 0.15) is 5.00 Å². The van der Waals surface area contributed by atoms with Gasteiger partial charge in [-0.2, -0.15) is 4.37 Å². The zero-order valence-corrected chi connectivity index (χ0v) is 8.89. The van der Waals surface area contributed by atoms with E-state index in [2.05, 4.69) is 16.6 Å². The van der Waals surface area contributed by atoms with E-state index in [1.54, 1.807) is 11.8 Å². The predicted octanol–water partition coefficient (Wildman–Crippen LogP) is 2.27. The van der Waals surface area contributed by atoms with Crippen LogP contribution in [0.2, 0.25) is 0 Å². The third-order valence-corrected chi connectivity index (χ3v) is 3.18. The minimum atomic E-state index is 0.645. The van der Waals surface area contributed by atoms with Gasteiger partial charge in [0.25, 0.3) is 0 Å². The van der Waals surface area contributed by atoms with Crippen molar-refractivity contribution in [1.82, 2.24) is 4.37 Å². The minimum absolute atomic E-state index is 0.645. The normalized spacial score (nSPS) is 10.2. The maximum Gasteiger partial charge on any atom is 0.153 e. The second kappa shape index (κ2) is 4.57. The molecule has 0 atom stereocenters. The number of nitrogens with zero attached hydrogens (tertiary/aromatic N) is 1. The standard InChI is InChI=1S/C7H13N3S2/c1-3-4-9-7-5(11-2)6(8)10-12-7/h9H,3-4H2,1-2H3,(H2,8,10). The summed E-state index contributed by atoms with van der Waals surface area (Å²) in [6.07, 6.45) is 3.13. The maximum atomic E-state index is 5.66. The van der Waals surface area contributed by atoms with E-state index in [4.69, 9.17) is 5.73 Å². The molecule has 0 radical (unpaired) electrons. The number of nitrogen functional groups attached to an aromatic ring is 1. The summed E-state index contributed by atoms with van der Waals surface area (Å²) in [6, 6.07) is 0. The number of nitrogens with two attached hydrogens (primary N) is 1. The summed E-state index contributed by atoms with van der Waals surface area (Å²) in [7, 11) is 0. The fourth-order valence-corrected chi connectivity index (χ4v) is 2.41. The maximum absolute atomic E-state index is 5.66. The van der Waals surface area contributed by atoms with Crippen molar-refractivity contribution in [1.29, 1.82) is 0 Å². The topological polar surface area (TPSA) is 50.9 Å². The molecule has 0 fully saturated rings. The molecule has 0 aliphatic heterocycles. The zero-order valence-electron chi connectivity index (χ0n) is 7.26. The highest BCUT2D eigenvalue weighted by atomic mass is 32.2. The molecule has 1 heterocycles. The largest absolute Gasteiger partial charge is 0.382 e.